The third-order valence-electron chi connectivity index (χ3n) is 4.35. The monoisotopic (exact) mass is 398 g/mol. The minimum atomic E-state index is 0.238. The van der Waals surface area contributed by atoms with E-state index < -0.39 is 0 Å². The number of nitrogens with two attached hydrogens (primary N) is 1. The average Bonchev–Trinajstić information content (AvgIpc) is 2.72. The molecule has 2 N–H and O–H groups in total. The van der Waals surface area contributed by atoms with Gasteiger partial charge in [-0.2, -0.15) is 5.10 Å². The van der Waals surface area contributed by atoms with Gasteiger partial charge in [-0.25, -0.2) is 5.01 Å². The number of ether oxygens (including phenoxy) is 1. The number of anilines is 1. The zero-order valence-electron chi connectivity index (χ0n) is 17.0. The standard InChI is InChI=1S/C22H30N4OS/c1-4-15-27-21-13-9-19(10-14-21)17-26(22(23)28)24-16-18-7-11-20(12-8-18)25(5-2)6-3/h7-14,16H,4-6,15,17H2,1-3H3,(H2,23,28)/b24-16+. The molecule has 0 heterocycles. The summed E-state index contributed by atoms with van der Waals surface area (Å²) in [7, 11) is 0. The largest absolute Gasteiger partial charge is 0.494 e. The highest BCUT2D eigenvalue weighted by molar-refractivity contribution is 7.80. The van der Waals surface area contributed by atoms with E-state index >= 15 is 0 Å². The molecule has 0 amide bonds. The van der Waals surface area contributed by atoms with Gasteiger partial charge in [0.25, 0.3) is 0 Å². The van der Waals surface area contributed by atoms with E-state index in [9.17, 15) is 0 Å². The number of thiocarbonyl (C=S) groups is 1. The van der Waals surface area contributed by atoms with Crippen molar-refractivity contribution in [2.75, 3.05) is 24.6 Å². The Morgan fingerprint density at radius 1 is 1.04 bits per heavy atom. The Bertz CT molecular complexity index is 755. The predicted molar refractivity (Wildman–Crippen MR) is 122 cm³/mol. The number of nitrogens with zero attached hydrogens (tertiary/aromatic N) is 3. The van der Waals surface area contributed by atoms with Gasteiger partial charge in [0.2, 0.25) is 0 Å². The van der Waals surface area contributed by atoms with Crippen LogP contribution in [0.2, 0.25) is 0 Å². The third kappa shape index (κ3) is 6.53. The summed E-state index contributed by atoms with van der Waals surface area (Å²) in [5.41, 5.74) is 9.12. The SMILES string of the molecule is CCCOc1ccc(CN(/N=C/c2ccc(N(CC)CC)cc2)C(N)=S)cc1. The fourth-order valence-electron chi connectivity index (χ4n) is 2.76. The second-order valence-electron chi connectivity index (χ2n) is 6.40. The number of benzene rings is 2. The van der Waals surface area contributed by atoms with Crippen LogP contribution < -0.4 is 15.4 Å². The molecule has 0 spiro atoms. The second-order valence-corrected chi connectivity index (χ2v) is 6.81. The van der Waals surface area contributed by atoms with E-state index in [1.807, 2.05) is 24.3 Å². The Balaban J connectivity index is 2.03. The third-order valence-corrected chi connectivity index (χ3v) is 4.56. The molecule has 0 saturated carbocycles. The van der Waals surface area contributed by atoms with Crippen LogP contribution in [0.3, 0.4) is 0 Å². The summed E-state index contributed by atoms with van der Waals surface area (Å²) < 4.78 is 5.61. The molecule has 0 aliphatic heterocycles. The lowest BCUT2D eigenvalue weighted by Gasteiger charge is -2.21. The van der Waals surface area contributed by atoms with E-state index in [-0.39, 0.29) is 5.11 Å². The van der Waals surface area contributed by atoms with Gasteiger partial charge in [-0.15, -0.1) is 0 Å². The summed E-state index contributed by atoms with van der Waals surface area (Å²) in [5, 5.41) is 6.33. The quantitative estimate of drug-likeness (QED) is 0.365. The van der Waals surface area contributed by atoms with Crippen molar-refractivity contribution in [2.24, 2.45) is 10.8 Å². The van der Waals surface area contributed by atoms with Gasteiger partial charge in [-0.1, -0.05) is 31.2 Å². The molecule has 0 radical (unpaired) electrons. The first kappa shape index (κ1) is 21.7. The average molecular weight is 399 g/mol. The van der Waals surface area contributed by atoms with Gasteiger partial charge in [-0.3, -0.25) is 0 Å². The zero-order valence-corrected chi connectivity index (χ0v) is 17.8. The van der Waals surface area contributed by atoms with Crippen LogP contribution >= 0.6 is 12.2 Å². The molecular formula is C22H30N4OS. The first-order valence-electron chi connectivity index (χ1n) is 9.75. The highest BCUT2D eigenvalue weighted by Gasteiger charge is 2.06. The van der Waals surface area contributed by atoms with Crippen molar-refractivity contribution < 1.29 is 4.74 Å². The zero-order chi connectivity index (χ0) is 20.4. The molecule has 0 atom stereocenters. The van der Waals surface area contributed by atoms with Gasteiger partial charge in [0.1, 0.15) is 5.75 Å². The highest BCUT2D eigenvalue weighted by atomic mass is 32.1. The van der Waals surface area contributed by atoms with E-state index in [2.05, 4.69) is 55.0 Å². The van der Waals surface area contributed by atoms with E-state index in [1.165, 1.54) is 5.69 Å². The van der Waals surface area contributed by atoms with Crippen LogP contribution in [0.15, 0.2) is 53.6 Å². The van der Waals surface area contributed by atoms with E-state index in [0.29, 0.717) is 6.54 Å². The second kappa shape index (κ2) is 11.3. The summed E-state index contributed by atoms with van der Waals surface area (Å²) in [6.45, 7) is 9.60. The Morgan fingerprint density at radius 2 is 1.68 bits per heavy atom. The smallest absolute Gasteiger partial charge is 0.187 e. The highest BCUT2D eigenvalue weighted by Crippen LogP contribution is 2.16. The molecular weight excluding hydrogens is 368 g/mol. The van der Waals surface area contributed by atoms with Crippen molar-refractivity contribution in [2.45, 2.75) is 33.7 Å². The van der Waals surface area contributed by atoms with E-state index in [1.54, 1.807) is 11.2 Å². The molecule has 2 rings (SSSR count). The first-order chi connectivity index (χ1) is 13.6. The van der Waals surface area contributed by atoms with Gasteiger partial charge in [-0.05, 0) is 67.9 Å². The minimum absolute atomic E-state index is 0.238. The van der Waals surface area contributed by atoms with Crippen LogP contribution in [0.5, 0.6) is 5.75 Å². The Kier molecular flexibility index (Phi) is 8.75. The van der Waals surface area contributed by atoms with Crippen molar-refractivity contribution >= 4 is 29.2 Å². The van der Waals surface area contributed by atoms with Gasteiger partial charge < -0.3 is 15.4 Å². The summed E-state index contributed by atoms with van der Waals surface area (Å²) in [5.74, 6) is 0.865. The van der Waals surface area contributed by atoms with Crippen LogP contribution in [0.4, 0.5) is 5.69 Å². The summed E-state index contributed by atoms with van der Waals surface area (Å²) >= 11 is 5.16. The Hall–Kier alpha value is -2.60. The number of hydrogen-bond acceptors (Lipinski definition) is 4. The topological polar surface area (TPSA) is 54.1 Å². The van der Waals surface area contributed by atoms with Crippen LogP contribution in [0.25, 0.3) is 0 Å². The number of hydrogen-bond donors (Lipinski definition) is 1. The minimum Gasteiger partial charge on any atom is -0.494 e. The van der Waals surface area contributed by atoms with Gasteiger partial charge >= 0.3 is 0 Å². The van der Waals surface area contributed by atoms with Crippen LogP contribution in [0, 0.1) is 0 Å². The molecule has 5 nitrogen and oxygen atoms in total. The van der Waals surface area contributed by atoms with E-state index in [4.69, 9.17) is 22.7 Å². The molecule has 0 aromatic heterocycles. The van der Waals surface area contributed by atoms with E-state index in [0.717, 1.165) is 43.0 Å². The molecule has 0 aliphatic carbocycles. The van der Waals surface area contributed by atoms with Gasteiger partial charge in [0.05, 0.1) is 19.4 Å². The summed E-state index contributed by atoms with van der Waals surface area (Å²) in [6, 6.07) is 16.2. The fourth-order valence-corrected chi connectivity index (χ4v) is 2.87. The molecule has 6 heteroatoms. The Morgan fingerprint density at radius 3 is 2.21 bits per heavy atom. The van der Waals surface area contributed by atoms with Gasteiger partial charge in [0.15, 0.2) is 5.11 Å². The summed E-state index contributed by atoms with van der Waals surface area (Å²) in [6.07, 6.45) is 2.77. The predicted octanol–water partition coefficient (Wildman–Crippen LogP) is 4.40. The molecule has 2 aromatic carbocycles. The maximum absolute atomic E-state index is 5.86. The molecule has 0 saturated heterocycles. The summed E-state index contributed by atoms with van der Waals surface area (Å²) in [4.78, 5) is 2.30. The molecule has 150 valence electrons. The molecule has 0 bridgehead atoms. The van der Waals surface area contributed by atoms with Crippen molar-refractivity contribution in [3.8, 4) is 5.75 Å². The van der Waals surface area contributed by atoms with Crippen molar-refractivity contribution in [3.05, 3.63) is 59.7 Å². The Labute approximate surface area is 173 Å². The molecule has 2 aromatic rings. The van der Waals surface area contributed by atoms with Crippen LogP contribution in [-0.2, 0) is 6.54 Å². The maximum Gasteiger partial charge on any atom is 0.187 e. The molecule has 0 fully saturated rings. The van der Waals surface area contributed by atoms with Crippen LogP contribution in [-0.4, -0.2) is 36.0 Å². The van der Waals surface area contributed by atoms with Crippen molar-refractivity contribution in [3.63, 3.8) is 0 Å². The number of hydrazone groups is 1. The van der Waals surface area contributed by atoms with Crippen molar-refractivity contribution in [1.29, 1.82) is 0 Å². The fraction of sp³-hybridized carbons (Fsp3) is 0.364. The van der Waals surface area contributed by atoms with Crippen molar-refractivity contribution in [1.82, 2.24) is 5.01 Å². The molecule has 0 aliphatic rings. The van der Waals surface area contributed by atoms with Gasteiger partial charge in [0, 0.05) is 18.8 Å². The molecule has 28 heavy (non-hydrogen) atoms. The maximum atomic E-state index is 5.86. The lowest BCUT2D eigenvalue weighted by molar-refractivity contribution is 0.317. The lowest BCUT2D eigenvalue weighted by Crippen LogP contribution is -2.30. The normalized spacial score (nSPS) is 10.8. The molecule has 0 unspecified atom stereocenters. The lowest BCUT2D eigenvalue weighted by atomic mass is 10.2. The number of rotatable bonds is 10. The van der Waals surface area contributed by atoms with Crippen LogP contribution in [0.1, 0.15) is 38.3 Å². The first-order valence-corrected chi connectivity index (χ1v) is 10.2.